The zero-order valence-electron chi connectivity index (χ0n) is 10.1. The maximum Gasteiger partial charge on any atom is 0.411 e. The van der Waals surface area contributed by atoms with Crippen LogP contribution < -0.4 is 11.1 Å². The fourth-order valence-electron chi connectivity index (χ4n) is 1.76. The number of hydrogen-bond donors (Lipinski definition) is 3. The van der Waals surface area contributed by atoms with Crippen molar-refractivity contribution in [3.8, 4) is 0 Å². The number of halogens is 3. The summed E-state index contributed by atoms with van der Waals surface area (Å²) in [5.41, 5.74) is 3.19. The Kier molecular flexibility index (Phi) is 3.78. The van der Waals surface area contributed by atoms with Gasteiger partial charge in [-0.05, 0) is 18.8 Å². The summed E-state index contributed by atoms with van der Waals surface area (Å²) in [6, 6.07) is 0. The summed E-state index contributed by atoms with van der Waals surface area (Å²) in [6.45, 7) is 3.21. The van der Waals surface area contributed by atoms with Gasteiger partial charge in [0.2, 0.25) is 5.91 Å². The molecule has 104 valence electrons. The van der Waals surface area contributed by atoms with E-state index >= 15 is 0 Å². The maximum absolute atomic E-state index is 12.7. The van der Waals surface area contributed by atoms with Crippen molar-refractivity contribution in [2.75, 3.05) is 0 Å². The average molecular weight is 267 g/mol. The van der Waals surface area contributed by atoms with Crippen molar-refractivity contribution in [2.24, 2.45) is 22.7 Å². The Morgan fingerprint density at radius 2 is 1.94 bits per heavy atom. The molecular formula is C10H16F3N3O2. The zero-order valence-corrected chi connectivity index (χ0v) is 10.1. The van der Waals surface area contributed by atoms with Crippen LogP contribution in [-0.4, -0.2) is 28.7 Å². The largest absolute Gasteiger partial charge is 0.411 e. The van der Waals surface area contributed by atoms with Crippen LogP contribution >= 0.6 is 0 Å². The van der Waals surface area contributed by atoms with Crippen molar-refractivity contribution < 1.29 is 23.2 Å². The lowest BCUT2D eigenvalue weighted by Gasteiger charge is -2.25. The second kappa shape index (κ2) is 4.66. The van der Waals surface area contributed by atoms with Crippen LogP contribution in [0.5, 0.6) is 0 Å². The van der Waals surface area contributed by atoms with E-state index < -0.39 is 23.5 Å². The molecule has 1 rings (SSSR count). The number of hydrogen-bond acceptors (Lipinski definition) is 3. The normalized spacial score (nSPS) is 20.7. The van der Waals surface area contributed by atoms with Gasteiger partial charge in [0.1, 0.15) is 11.5 Å². The van der Waals surface area contributed by atoms with Crippen molar-refractivity contribution in [3.63, 3.8) is 0 Å². The Morgan fingerprint density at radius 1 is 1.44 bits per heavy atom. The van der Waals surface area contributed by atoms with Crippen molar-refractivity contribution in [3.05, 3.63) is 0 Å². The van der Waals surface area contributed by atoms with E-state index in [9.17, 15) is 18.0 Å². The molecule has 0 bridgehead atoms. The molecule has 1 unspecified atom stereocenters. The minimum absolute atomic E-state index is 0.136. The van der Waals surface area contributed by atoms with Crippen molar-refractivity contribution >= 4 is 11.7 Å². The molecule has 0 radical (unpaired) electrons. The minimum Gasteiger partial charge on any atom is -0.409 e. The van der Waals surface area contributed by atoms with Crippen molar-refractivity contribution in [1.82, 2.24) is 5.32 Å². The summed E-state index contributed by atoms with van der Waals surface area (Å²) < 4.78 is 38.0. The second-order valence-corrected chi connectivity index (χ2v) is 4.82. The van der Waals surface area contributed by atoms with Gasteiger partial charge in [-0.3, -0.25) is 4.79 Å². The molecule has 0 saturated heterocycles. The van der Waals surface area contributed by atoms with Crippen molar-refractivity contribution in [2.45, 2.75) is 38.4 Å². The highest BCUT2D eigenvalue weighted by Gasteiger charge is 2.64. The molecule has 8 heteroatoms. The van der Waals surface area contributed by atoms with Crippen LogP contribution in [0.15, 0.2) is 5.16 Å². The number of amidine groups is 1. The molecule has 0 aromatic heterocycles. The average Bonchev–Trinajstić information content (AvgIpc) is 2.97. The van der Waals surface area contributed by atoms with E-state index in [0.717, 1.165) is 0 Å². The Labute approximate surface area is 102 Å². The molecule has 0 heterocycles. The molecule has 1 fully saturated rings. The van der Waals surface area contributed by atoms with E-state index in [-0.39, 0.29) is 24.6 Å². The van der Waals surface area contributed by atoms with Crippen LogP contribution in [0.3, 0.4) is 0 Å². The highest BCUT2D eigenvalue weighted by Crippen LogP contribution is 2.49. The van der Waals surface area contributed by atoms with E-state index in [1.54, 1.807) is 13.8 Å². The third kappa shape index (κ3) is 2.68. The van der Waals surface area contributed by atoms with Crippen LogP contribution in [0.2, 0.25) is 0 Å². The van der Waals surface area contributed by atoms with Gasteiger partial charge in [-0.25, -0.2) is 0 Å². The minimum atomic E-state index is -4.48. The molecule has 1 aliphatic carbocycles. The first-order valence-electron chi connectivity index (χ1n) is 5.51. The number of alkyl halides is 3. The number of oxime groups is 1. The van der Waals surface area contributed by atoms with Crippen molar-refractivity contribution in [1.29, 1.82) is 0 Å². The summed E-state index contributed by atoms with van der Waals surface area (Å²) in [6.07, 6.45) is -4.75. The number of carbonyl (C=O) groups is 1. The molecule has 1 atom stereocenters. The number of nitrogens with zero attached hydrogens (tertiary/aromatic N) is 1. The first-order chi connectivity index (χ1) is 8.14. The quantitative estimate of drug-likeness (QED) is 0.310. The summed E-state index contributed by atoms with van der Waals surface area (Å²) >= 11 is 0. The lowest BCUT2D eigenvalue weighted by molar-refractivity contribution is -0.171. The molecule has 0 aromatic carbocycles. The summed E-state index contributed by atoms with van der Waals surface area (Å²) in [4.78, 5) is 11.8. The molecule has 4 N–H and O–H groups in total. The standard InChI is InChI=1S/C10H16F3N3O2/c1-5(2)6(7(14)16-18)8(17)15-9(3-4-9)10(11,12)13/h5-6,18H,3-4H2,1-2H3,(H2,14,16)(H,15,17). The number of rotatable bonds is 4. The van der Waals surface area contributed by atoms with Crippen LogP contribution in [0.4, 0.5) is 13.2 Å². The van der Waals surface area contributed by atoms with Gasteiger partial charge in [-0.15, -0.1) is 0 Å². The molecule has 0 spiro atoms. The lowest BCUT2D eigenvalue weighted by Crippen LogP contribution is -2.52. The predicted molar refractivity (Wildman–Crippen MR) is 57.9 cm³/mol. The zero-order chi connectivity index (χ0) is 14.1. The highest BCUT2D eigenvalue weighted by molar-refractivity contribution is 6.02. The monoisotopic (exact) mass is 267 g/mol. The van der Waals surface area contributed by atoms with Crippen LogP contribution in [0.1, 0.15) is 26.7 Å². The van der Waals surface area contributed by atoms with E-state index in [4.69, 9.17) is 10.9 Å². The Morgan fingerprint density at radius 3 is 2.22 bits per heavy atom. The molecule has 1 amide bonds. The number of nitrogens with two attached hydrogens (primary N) is 1. The van der Waals surface area contributed by atoms with Gasteiger partial charge in [0.25, 0.3) is 0 Å². The van der Waals surface area contributed by atoms with E-state index in [0.29, 0.717) is 0 Å². The van der Waals surface area contributed by atoms with Crippen LogP contribution in [0, 0.1) is 11.8 Å². The van der Waals surface area contributed by atoms with Gasteiger partial charge in [0, 0.05) is 0 Å². The highest BCUT2D eigenvalue weighted by atomic mass is 19.4. The molecule has 1 saturated carbocycles. The third-order valence-electron chi connectivity index (χ3n) is 3.04. The summed E-state index contributed by atoms with van der Waals surface area (Å²) in [5, 5.41) is 13.2. The molecular weight excluding hydrogens is 251 g/mol. The molecule has 1 aliphatic rings. The van der Waals surface area contributed by atoms with Gasteiger partial charge < -0.3 is 16.3 Å². The van der Waals surface area contributed by atoms with Crippen LogP contribution in [-0.2, 0) is 4.79 Å². The van der Waals surface area contributed by atoms with E-state index in [1.165, 1.54) is 0 Å². The Balaban J connectivity index is 2.82. The third-order valence-corrected chi connectivity index (χ3v) is 3.04. The van der Waals surface area contributed by atoms with E-state index in [2.05, 4.69) is 5.16 Å². The number of carbonyl (C=O) groups excluding carboxylic acids is 1. The Hall–Kier alpha value is -1.47. The van der Waals surface area contributed by atoms with Gasteiger partial charge in [-0.1, -0.05) is 19.0 Å². The molecule has 18 heavy (non-hydrogen) atoms. The van der Waals surface area contributed by atoms with E-state index in [1.807, 2.05) is 5.32 Å². The van der Waals surface area contributed by atoms with Gasteiger partial charge in [0.15, 0.2) is 5.84 Å². The molecule has 0 aliphatic heterocycles. The van der Waals surface area contributed by atoms with Gasteiger partial charge in [-0.2, -0.15) is 13.2 Å². The smallest absolute Gasteiger partial charge is 0.409 e. The number of amides is 1. The van der Waals surface area contributed by atoms with Crippen LogP contribution in [0.25, 0.3) is 0 Å². The fourth-order valence-corrected chi connectivity index (χ4v) is 1.76. The van der Waals surface area contributed by atoms with Gasteiger partial charge in [0.05, 0.1) is 0 Å². The fraction of sp³-hybridized carbons (Fsp3) is 0.800. The lowest BCUT2D eigenvalue weighted by atomic mass is 9.93. The first kappa shape index (κ1) is 14.6. The summed E-state index contributed by atoms with van der Waals surface area (Å²) in [5.74, 6) is -2.70. The van der Waals surface area contributed by atoms with Gasteiger partial charge >= 0.3 is 6.18 Å². The predicted octanol–water partition coefficient (Wildman–Crippen LogP) is 1.22. The summed E-state index contributed by atoms with van der Waals surface area (Å²) in [7, 11) is 0. The number of nitrogens with one attached hydrogen (secondary N) is 1. The second-order valence-electron chi connectivity index (χ2n) is 4.82. The first-order valence-corrected chi connectivity index (χ1v) is 5.51. The SMILES string of the molecule is CC(C)C(C(=O)NC1(C(F)(F)F)CC1)C(N)=NO. The molecule has 0 aromatic rings. The topological polar surface area (TPSA) is 87.7 Å². The molecule has 5 nitrogen and oxygen atoms in total. The Bertz CT molecular complexity index is 362. The maximum atomic E-state index is 12.7.